The van der Waals surface area contributed by atoms with Gasteiger partial charge in [0.1, 0.15) is 0 Å². The Labute approximate surface area is 209 Å². The lowest BCUT2D eigenvalue weighted by molar-refractivity contribution is 0.0378. The zero-order valence-electron chi connectivity index (χ0n) is 20.3. The number of fused-ring (bicyclic) bond motifs is 4. The second-order valence-corrected chi connectivity index (χ2v) is 10.1. The van der Waals surface area contributed by atoms with E-state index in [0.717, 1.165) is 86.6 Å². The van der Waals surface area contributed by atoms with Crippen LogP contribution in [-0.4, -0.2) is 70.3 Å². The third kappa shape index (κ3) is 3.88. The summed E-state index contributed by atoms with van der Waals surface area (Å²) >= 11 is 0. The molecule has 0 amide bonds. The Bertz CT molecular complexity index is 1320. The molecule has 2 atom stereocenters. The Kier molecular flexibility index (Phi) is 5.49. The van der Waals surface area contributed by atoms with Crippen LogP contribution in [0.4, 0.5) is 11.6 Å². The van der Waals surface area contributed by atoms with Gasteiger partial charge in [-0.15, -0.1) is 0 Å². The SMILES string of the molecule is N#Cc1ccc2c(c1)C(c1nc(NCCCN3CCOCC3)nc3nn(C4CCCC4)cc13)C1ON21. The van der Waals surface area contributed by atoms with Crippen molar-refractivity contribution in [3.63, 3.8) is 0 Å². The topological polar surface area (TPSA) is 107 Å². The van der Waals surface area contributed by atoms with Gasteiger partial charge in [-0.05, 0) is 49.6 Å². The van der Waals surface area contributed by atoms with Gasteiger partial charge in [0, 0.05) is 25.8 Å². The first-order valence-electron chi connectivity index (χ1n) is 13.1. The quantitative estimate of drug-likeness (QED) is 0.398. The van der Waals surface area contributed by atoms with Gasteiger partial charge in [-0.2, -0.15) is 15.3 Å². The number of ether oxygens (including phenoxy) is 1. The molecule has 4 aliphatic rings. The van der Waals surface area contributed by atoms with Crippen molar-refractivity contribution in [3.05, 3.63) is 41.2 Å². The van der Waals surface area contributed by atoms with Gasteiger partial charge in [0.2, 0.25) is 5.95 Å². The van der Waals surface area contributed by atoms with E-state index >= 15 is 0 Å². The minimum Gasteiger partial charge on any atom is -0.379 e. The average molecular weight is 487 g/mol. The van der Waals surface area contributed by atoms with Gasteiger partial charge >= 0.3 is 0 Å². The first-order valence-corrected chi connectivity index (χ1v) is 13.1. The molecule has 5 heterocycles. The summed E-state index contributed by atoms with van der Waals surface area (Å²) < 4.78 is 7.55. The predicted octanol–water partition coefficient (Wildman–Crippen LogP) is 3.17. The van der Waals surface area contributed by atoms with Crippen molar-refractivity contribution < 1.29 is 9.57 Å². The van der Waals surface area contributed by atoms with Crippen molar-refractivity contribution in [2.75, 3.05) is 49.8 Å². The number of nitriles is 1. The van der Waals surface area contributed by atoms with Crippen LogP contribution < -0.4 is 10.4 Å². The Morgan fingerprint density at radius 2 is 2.00 bits per heavy atom. The standard InChI is InChI=1S/C26H30N8O2/c27-15-17-6-7-21-19(14-17)22(25-34(21)36-25)23-20-16-33(18-4-1-2-5-18)31-24(20)30-26(29-23)28-8-3-9-32-10-12-35-13-11-32/h6-7,14,16,18,22,25H,1-5,8-13H2,(H,28,30,31). The van der Waals surface area contributed by atoms with Crippen molar-refractivity contribution in [1.29, 1.82) is 5.26 Å². The normalized spacial score (nSPS) is 23.6. The lowest BCUT2D eigenvalue weighted by atomic mass is 9.93. The van der Waals surface area contributed by atoms with Crippen LogP contribution in [0.25, 0.3) is 11.0 Å². The van der Waals surface area contributed by atoms with Crippen LogP contribution in [0.1, 0.15) is 60.9 Å². The molecule has 10 nitrogen and oxygen atoms in total. The molecule has 2 unspecified atom stereocenters. The molecule has 1 N–H and O–H groups in total. The molecule has 7 rings (SSSR count). The Morgan fingerprint density at radius 1 is 1.14 bits per heavy atom. The highest BCUT2D eigenvalue weighted by molar-refractivity contribution is 5.81. The zero-order chi connectivity index (χ0) is 24.1. The van der Waals surface area contributed by atoms with Crippen molar-refractivity contribution in [2.45, 2.75) is 50.3 Å². The summed E-state index contributed by atoms with van der Waals surface area (Å²) in [6.45, 7) is 5.44. The number of hydroxylamine groups is 1. The molecule has 1 aliphatic carbocycles. The van der Waals surface area contributed by atoms with E-state index in [2.05, 4.69) is 27.2 Å². The first kappa shape index (κ1) is 22.0. The van der Waals surface area contributed by atoms with Crippen molar-refractivity contribution in [1.82, 2.24) is 24.6 Å². The van der Waals surface area contributed by atoms with E-state index in [0.29, 0.717) is 17.6 Å². The number of morpholine rings is 1. The number of rotatable bonds is 7. The lowest BCUT2D eigenvalue weighted by Crippen LogP contribution is -2.37. The molecule has 2 aromatic heterocycles. The second-order valence-electron chi connectivity index (χ2n) is 10.1. The van der Waals surface area contributed by atoms with Gasteiger partial charge in [-0.25, -0.2) is 14.9 Å². The second kappa shape index (κ2) is 9.00. The highest BCUT2D eigenvalue weighted by atomic mass is 16.8. The van der Waals surface area contributed by atoms with Crippen molar-refractivity contribution in [3.8, 4) is 6.07 Å². The Balaban J connectivity index is 1.21. The highest BCUT2D eigenvalue weighted by Crippen LogP contribution is 2.54. The molecule has 0 spiro atoms. The van der Waals surface area contributed by atoms with Gasteiger partial charge in [-0.3, -0.25) is 9.58 Å². The van der Waals surface area contributed by atoms with Crippen LogP contribution in [-0.2, 0) is 9.57 Å². The summed E-state index contributed by atoms with van der Waals surface area (Å²) in [7, 11) is 0. The summed E-state index contributed by atoms with van der Waals surface area (Å²) in [6.07, 6.45) is 7.82. The fourth-order valence-electron chi connectivity index (χ4n) is 5.93. The first-order chi connectivity index (χ1) is 17.8. The van der Waals surface area contributed by atoms with Gasteiger partial charge in [0.05, 0.1) is 53.6 Å². The third-order valence-corrected chi connectivity index (χ3v) is 7.88. The Hall–Kier alpha value is -3.26. The summed E-state index contributed by atoms with van der Waals surface area (Å²) in [5.74, 6) is 0.516. The molecule has 2 saturated heterocycles. The van der Waals surface area contributed by atoms with Gasteiger partial charge in [0.15, 0.2) is 11.9 Å². The van der Waals surface area contributed by atoms with E-state index in [1.807, 2.05) is 23.3 Å². The minimum atomic E-state index is -0.101. The van der Waals surface area contributed by atoms with Crippen molar-refractivity contribution in [2.24, 2.45) is 0 Å². The molecular formula is C26H30N8O2. The number of nitrogens with zero attached hydrogens (tertiary/aromatic N) is 7. The number of anilines is 2. The maximum atomic E-state index is 9.50. The molecule has 0 bridgehead atoms. The molecule has 10 heteroatoms. The number of benzene rings is 1. The molecule has 3 aromatic rings. The van der Waals surface area contributed by atoms with Crippen molar-refractivity contribution >= 4 is 22.7 Å². The van der Waals surface area contributed by atoms with Crippen LogP contribution in [0.15, 0.2) is 24.4 Å². The van der Waals surface area contributed by atoms with E-state index < -0.39 is 0 Å². The number of aromatic nitrogens is 4. The van der Waals surface area contributed by atoms with Gasteiger partial charge in [0.25, 0.3) is 0 Å². The van der Waals surface area contributed by atoms with Crippen LogP contribution in [0, 0.1) is 11.3 Å². The fourth-order valence-corrected chi connectivity index (χ4v) is 5.93. The van der Waals surface area contributed by atoms with Crippen LogP contribution in [0.5, 0.6) is 0 Å². The molecule has 1 aromatic carbocycles. The Morgan fingerprint density at radius 3 is 2.83 bits per heavy atom. The largest absolute Gasteiger partial charge is 0.379 e. The fraction of sp³-hybridized carbons (Fsp3) is 0.538. The molecule has 3 fully saturated rings. The monoisotopic (exact) mass is 486 g/mol. The molecule has 0 radical (unpaired) electrons. The zero-order valence-corrected chi connectivity index (χ0v) is 20.3. The van der Waals surface area contributed by atoms with E-state index in [9.17, 15) is 5.26 Å². The number of nitrogens with one attached hydrogen (secondary N) is 1. The minimum absolute atomic E-state index is 0.0890. The summed E-state index contributed by atoms with van der Waals surface area (Å²) in [6, 6.07) is 8.49. The molecular weight excluding hydrogens is 456 g/mol. The maximum absolute atomic E-state index is 9.50. The van der Waals surface area contributed by atoms with Crippen LogP contribution >= 0.6 is 0 Å². The summed E-state index contributed by atoms with van der Waals surface area (Å²) in [5, 5.41) is 20.8. The van der Waals surface area contributed by atoms with Gasteiger partial charge in [-0.1, -0.05) is 12.8 Å². The summed E-state index contributed by atoms with van der Waals surface area (Å²) in [5.41, 5.74) is 4.38. The smallest absolute Gasteiger partial charge is 0.225 e. The van der Waals surface area contributed by atoms with Crippen LogP contribution in [0.2, 0.25) is 0 Å². The molecule has 186 valence electrons. The maximum Gasteiger partial charge on any atom is 0.225 e. The summed E-state index contributed by atoms with van der Waals surface area (Å²) in [4.78, 5) is 18.2. The van der Waals surface area contributed by atoms with Crippen LogP contribution in [0.3, 0.4) is 0 Å². The molecule has 36 heavy (non-hydrogen) atoms. The average Bonchev–Trinajstić information content (AvgIpc) is 3.26. The van der Waals surface area contributed by atoms with E-state index in [4.69, 9.17) is 24.6 Å². The van der Waals surface area contributed by atoms with E-state index in [1.165, 1.54) is 12.8 Å². The highest BCUT2D eigenvalue weighted by Gasteiger charge is 2.54. The predicted molar refractivity (Wildman–Crippen MR) is 134 cm³/mol. The van der Waals surface area contributed by atoms with E-state index in [-0.39, 0.29) is 12.1 Å². The lowest BCUT2D eigenvalue weighted by Gasteiger charge is -2.26. The number of hydrogen-bond acceptors (Lipinski definition) is 9. The molecule has 3 aliphatic heterocycles. The van der Waals surface area contributed by atoms with Gasteiger partial charge < -0.3 is 10.1 Å². The number of hydrogen-bond donors (Lipinski definition) is 1. The molecule has 1 saturated carbocycles. The van der Waals surface area contributed by atoms with E-state index in [1.54, 1.807) is 0 Å². The third-order valence-electron chi connectivity index (χ3n) is 7.88.